The van der Waals surface area contributed by atoms with Gasteiger partial charge in [0.15, 0.2) is 6.29 Å². The van der Waals surface area contributed by atoms with Crippen LogP contribution in [0.1, 0.15) is 30.6 Å². The summed E-state index contributed by atoms with van der Waals surface area (Å²) in [4.78, 5) is 21.8. The lowest BCUT2D eigenvalue weighted by Gasteiger charge is -2.05. The molecule has 0 saturated heterocycles. The molecule has 0 amide bonds. The molecule has 17 heavy (non-hydrogen) atoms. The third-order valence-corrected chi connectivity index (χ3v) is 3.31. The Kier molecular flexibility index (Phi) is 5.15. The van der Waals surface area contributed by atoms with E-state index in [9.17, 15) is 14.9 Å². The number of benzene rings is 1. The van der Waals surface area contributed by atoms with E-state index in [0.29, 0.717) is 12.2 Å². The van der Waals surface area contributed by atoms with Crippen LogP contribution in [0.2, 0.25) is 0 Å². The van der Waals surface area contributed by atoms with Crippen molar-refractivity contribution in [2.24, 2.45) is 5.92 Å². The number of aldehydes is 1. The first-order chi connectivity index (χ1) is 8.04. The second kappa shape index (κ2) is 6.39. The van der Waals surface area contributed by atoms with E-state index in [1.807, 2.05) is 0 Å². The van der Waals surface area contributed by atoms with Gasteiger partial charge in [-0.1, -0.05) is 13.8 Å². The molecule has 0 unspecified atom stereocenters. The van der Waals surface area contributed by atoms with E-state index in [-0.39, 0.29) is 11.3 Å². The molecule has 0 spiro atoms. The molecule has 1 aromatic rings. The van der Waals surface area contributed by atoms with Crippen molar-refractivity contribution in [3.8, 4) is 0 Å². The lowest BCUT2D eigenvalue weighted by atomic mass is 10.2. The van der Waals surface area contributed by atoms with Crippen LogP contribution in [0.25, 0.3) is 0 Å². The molecule has 0 heterocycles. The fraction of sp³-hybridized carbons (Fsp3) is 0.417. The van der Waals surface area contributed by atoms with Crippen molar-refractivity contribution >= 4 is 23.7 Å². The van der Waals surface area contributed by atoms with E-state index in [4.69, 9.17) is 0 Å². The zero-order chi connectivity index (χ0) is 12.8. The van der Waals surface area contributed by atoms with Crippen molar-refractivity contribution in [2.75, 3.05) is 5.75 Å². The minimum Gasteiger partial charge on any atom is -0.298 e. The molecule has 4 nitrogen and oxygen atoms in total. The molecule has 1 rings (SSSR count). The number of nitrogens with zero attached hydrogens (tertiary/aromatic N) is 1. The molecule has 0 aliphatic rings. The van der Waals surface area contributed by atoms with Gasteiger partial charge in [0, 0.05) is 11.0 Å². The predicted molar refractivity (Wildman–Crippen MR) is 68.7 cm³/mol. The van der Waals surface area contributed by atoms with Gasteiger partial charge in [-0.05, 0) is 30.2 Å². The molecular formula is C12H15NO3S. The van der Waals surface area contributed by atoms with Crippen LogP contribution in [0.4, 0.5) is 5.69 Å². The first kappa shape index (κ1) is 13.7. The molecule has 0 N–H and O–H groups in total. The maximum Gasteiger partial charge on any atom is 0.279 e. The van der Waals surface area contributed by atoms with Gasteiger partial charge in [0.25, 0.3) is 5.69 Å². The van der Waals surface area contributed by atoms with Gasteiger partial charge in [-0.15, -0.1) is 11.8 Å². The quantitative estimate of drug-likeness (QED) is 0.336. The van der Waals surface area contributed by atoms with Crippen molar-refractivity contribution in [2.45, 2.75) is 25.2 Å². The van der Waals surface area contributed by atoms with Crippen LogP contribution >= 0.6 is 11.8 Å². The lowest BCUT2D eigenvalue weighted by Crippen LogP contribution is -1.95. The van der Waals surface area contributed by atoms with Crippen molar-refractivity contribution < 1.29 is 9.72 Å². The Morgan fingerprint density at radius 1 is 1.47 bits per heavy atom. The van der Waals surface area contributed by atoms with Crippen molar-refractivity contribution in [3.05, 3.63) is 33.9 Å². The molecule has 0 aromatic heterocycles. The number of hydrogen-bond donors (Lipinski definition) is 0. The number of hydrogen-bond acceptors (Lipinski definition) is 4. The fourth-order valence-corrected chi connectivity index (χ4v) is 2.50. The van der Waals surface area contributed by atoms with Crippen LogP contribution in [-0.4, -0.2) is 17.0 Å². The number of carbonyl (C=O) groups excluding carboxylic acids is 1. The lowest BCUT2D eigenvalue weighted by molar-refractivity contribution is -0.385. The maximum absolute atomic E-state index is 10.8. The van der Waals surface area contributed by atoms with Crippen LogP contribution < -0.4 is 0 Å². The number of rotatable bonds is 6. The van der Waals surface area contributed by atoms with Gasteiger partial charge in [0.2, 0.25) is 0 Å². The molecule has 0 radical (unpaired) electrons. The van der Waals surface area contributed by atoms with Gasteiger partial charge >= 0.3 is 0 Å². The Labute approximate surface area is 105 Å². The highest BCUT2D eigenvalue weighted by Crippen LogP contribution is 2.26. The molecule has 1 aromatic carbocycles. The summed E-state index contributed by atoms with van der Waals surface area (Å²) in [7, 11) is 0. The van der Waals surface area contributed by atoms with E-state index >= 15 is 0 Å². The first-order valence-electron chi connectivity index (χ1n) is 5.41. The smallest absolute Gasteiger partial charge is 0.279 e. The summed E-state index contributed by atoms with van der Waals surface area (Å²) in [5.41, 5.74) is 0.0118. The second-order valence-corrected chi connectivity index (χ2v) is 5.29. The van der Waals surface area contributed by atoms with Crippen LogP contribution in [0.15, 0.2) is 23.1 Å². The SMILES string of the molecule is CC(C)CCSc1ccc([N+](=O)[O-])c(C=O)c1. The molecule has 5 heteroatoms. The van der Waals surface area contributed by atoms with Crippen molar-refractivity contribution in [1.82, 2.24) is 0 Å². The molecular weight excluding hydrogens is 238 g/mol. The third-order valence-electron chi connectivity index (χ3n) is 2.29. The predicted octanol–water partition coefficient (Wildman–Crippen LogP) is 3.55. The van der Waals surface area contributed by atoms with Crippen LogP contribution in [0.5, 0.6) is 0 Å². The standard InChI is InChI=1S/C12H15NO3S/c1-9(2)5-6-17-11-3-4-12(13(15)16)10(7-11)8-14/h3-4,7-9H,5-6H2,1-2H3. The minimum absolute atomic E-state index is 0.131. The van der Waals surface area contributed by atoms with Crippen LogP contribution in [0.3, 0.4) is 0 Å². The van der Waals surface area contributed by atoms with E-state index in [0.717, 1.165) is 17.1 Å². The number of carbonyl (C=O) groups is 1. The monoisotopic (exact) mass is 253 g/mol. The average Bonchev–Trinajstić information content (AvgIpc) is 2.28. The summed E-state index contributed by atoms with van der Waals surface area (Å²) >= 11 is 1.62. The zero-order valence-corrected chi connectivity index (χ0v) is 10.7. The first-order valence-corrected chi connectivity index (χ1v) is 6.39. The summed E-state index contributed by atoms with van der Waals surface area (Å²) in [6.07, 6.45) is 1.61. The molecule has 0 atom stereocenters. The van der Waals surface area contributed by atoms with Gasteiger partial charge in [-0.3, -0.25) is 14.9 Å². The molecule has 92 valence electrons. The Hall–Kier alpha value is -1.36. The van der Waals surface area contributed by atoms with Gasteiger partial charge in [0.1, 0.15) is 0 Å². The topological polar surface area (TPSA) is 60.2 Å². The molecule has 0 aliphatic carbocycles. The van der Waals surface area contributed by atoms with Gasteiger partial charge < -0.3 is 0 Å². The Bertz CT molecular complexity index is 418. The number of nitro groups is 1. The summed E-state index contributed by atoms with van der Waals surface area (Å²) in [5, 5.41) is 10.6. The molecule has 0 saturated carbocycles. The van der Waals surface area contributed by atoms with Crippen molar-refractivity contribution in [1.29, 1.82) is 0 Å². The highest BCUT2D eigenvalue weighted by molar-refractivity contribution is 7.99. The Balaban J connectivity index is 2.76. The van der Waals surface area contributed by atoms with E-state index < -0.39 is 4.92 Å². The van der Waals surface area contributed by atoms with Gasteiger partial charge in [-0.2, -0.15) is 0 Å². The summed E-state index contributed by atoms with van der Waals surface area (Å²) in [5.74, 6) is 1.58. The second-order valence-electron chi connectivity index (χ2n) is 4.13. The van der Waals surface area contributed by atoms with Crippen LogP contribution in [-0.2, 0) is 0 Å². The summed E-state index contributed by atoms with van der Waals surface area (Å²) in [6, 6.07) is 4.66. The normalized spacial score (nSPS) is 10.5. The third kappa shape index (κ3) is 4.19. The average molecular weight is 253 g/mol. The maximum atomic E-state index is 10.8. The van der Waals surface area contributed by atoms with Crippen molar-refractivity contribution in [3.63, 3.8) is 0 Å². The van der Waals surface area contributed by atoms with E-state index in [1.54, 1.807) is 23.9 Å². The largest absolute Gasteiger partial charge is 0.298 e. The highest BCUT2D eigenvalue weighted by Gasteiger charge is 2.13. The highest BCUT2D eigenvalue weighted by atomic mass is 32.2. The van der Waals surface area contributed by atoms with E-state index in [2.05, 4.69) is 13.8 Å². The van der Waals surface area contributed by atoms with Gasteiger partial charge in [0.05, 0.1) is 10.5 Å². The summed E-state index contributed by atoms with van der Waals surface area (Å²) in [6.45, 7) is 4.29. The molecule has 0 aliphatic heterocycles. The van der Waals surface area contributed by atoms with Gasteiger partial charge in [-0.25, -0.2) is 0 Å². The Morgan fingerprint density at radius 3 is 2.71 bits per heavy atom. The minimum atomic E-state index is -0.535. The fourth-order valence-electron chi connectivity index (χ4n) is 1.30. The van der Waals surface area contributed by atoms with Crippen LogP contribution in [0, 0.1) is 16.0 Å². The molecule has 0 fully saturated rings. The molecule has 0 bridgehead atoms. The zero-order valence-electron chi connectivity index (χ0n) is 9.88. The van der Waals surface area contributed by atoms with E-state index in [1.165, 1.54) is 6.07 Å². The Morgan fingerprint density at radius 2 is 2.18 bits per heavy atom. The number of nitro benzene ring substituents is 1. The summed E-state index contributed by atoms with van der Waals surface area (Å²) < 4.78 is 0. The number of thioether (sulfide) groups is 1.